The van der Waals surface area contributed by atoms with Crippen LogP contribution in [0.25, 0.3) is 17.3 Å². The number of hydrogen-bond donors (Lipinski definition) is 0. The molecule has 1 heterocycles. The third kappa shape index (κ3) is 4.74. The van der Waals surface area contributed by atoms with E-state index < -0.39 is 11.7 Å². The summed E-state index contributed by atoms with van der Waals surface area (Å²) >= 11 is 0. The second-order valence-electron chi connectivity index (χ2n) is 8.70. The standard InChI is InChI=1S/C26H25F3N2/c1-17-14-20(15-21(16-30)19-6-8-23(9-7-19)26(27,28)29)18(2)31(17)24-12-10-22(11-13-24)25(3,4)5/h6-15H,1-5H3/b21-15-. The zero-order valence-electron chi connectivity index (χ0n) is 18.3. The van der Waals surface area contributed by atoms with E-state index >= 15 is 0 Å². The highest BCUT2D eigenvalue weighted by Gasteiger charge is 2.30. The molecule has 0 N–H and O–H groups in total. The molecule has 0 aliphatic heterocycles. The number of aryl methyl sites for hydroxylation is 1. The molecule has 0 saturated carbocycles. The summed E-state index contributed by atoms with van der Waals surface area (Å²) in [7, 11) is 0. The third-order valence-electron chi connectivity index (χ3n) is 5.41. The first-order valence-electron chi connectivity index (χ1n) is 10.0. The van der Waals surface area contributed by atoms with Crippen molar-refractivity contribution in [3.05, 3.63) is 88.2 Å². The van der Waals surface area contributed by atoms with Crippen LogP contribution >= 0.6 is 0 Å². The largest absolute Gasteiger partial charge is 0.416 e. The van der Waals surface area contributed by atoms with Crippen LogP contribution in [0.1, 0.15) is 54.4 Å². The van der Waals surface area contributed by atoms with Crippen LogP contribution < -0.4 is 0 Å². The van der Waals surface area contributed by atoms with Crippen LogP contribution in [0.3, 0.4) is 0 Å². The first-order valence-corrected chi connectivity index (χ1v) is 10.0. The van der Waals surface area contributed by atoms with Gasteiger partial charge in [0.25, 0.3) is 0 Å². The molecule has 0 amide bonds. The zero-order chi connectivity index (χ0) is 23.0. The van der Waals surface area contributed by atoms with Gasteiger partial charge in [-0.15, -0.1) is 0 Å². The Balaban J connectivity index is 1.99. The molecule has 0 radical (unpaired) electrons. The molecule has 0 aliphatic carbocycles. The van der Waals surface area contributed by atoms with Gasteiger partial charge in [-0.1, -0.05) is 45.0 Å². The first-order chi connectivity index (χ1) is 14.4. The van der Waals surface area contributed by atoms with E-state index in [1.165, 1.54) is 17.7 Å². The molecular weight excluding hydrogens is 397 g/mol. The van der Waals surface area contributed by atoms with Crippen molar-refractivity contribution in [2.75, 3.05) is 0 Å². The number of nitrogens with zero attached hydrogens (tertiary/aromatic N) is 2. The molecule has 1 aromatic heterocycles. The highest BCUT2D eigenvalue weighted by Crippen LogP contribution is 2.31. The number of rotatable bonds is 3. The molecule has 2 aromatic carbocycles. The molecule has 0 unspecified atom stereocenters. The fraction of sp³-hybridized carbons (Fsp3) is 0.269. The number of benzene rings is 2. The van der Waals surface area contributed by atoms with Crippen LogP contribution in [0, 0.1) is 25.2 Å². The first kappa shape index (κ1) is 22.4. The van der Waals surface area contributed by atoms with Crippen molar-refractivity contribution in [3.63, 3.8) is 0 Å². The Bertz CT molecular complexity index is 1150. The minimum Gasteiger partial charge on any atom is -0.318 e. The van der Waals surface area contributed by atoms with Gasteiger partial charge in [-0.05, 0) is 72.4 Å². The molecule has 3 aromatic rings. The van der Waals surface area contributed by atoms with E-state index in [9.17, 15) is 18.4 Å². The summed E-state index contributed by atoms with van der Waals surface area (Å²) in [5.41, 5.74) is 5.20. The summed E-state index contributed by atoms with van der Waals surface area (Å²) in [5.74, 6) is 0. The minimum absolute atomic E-state index is 0.0660. The maximum atomic E-state index is 12.8. The van der Waals surface area contributed by atoms with Gasteiger partial charge in [0.2, 0.25) is 0 Å². The van der Waals surface area contributed by atoms with Gasteiger partial charge in [0.05, 0.1) is 17.2 Å². The van der Waals surface area contributed by atoms with E-state index in [4.69, 9.17) is 0 Å². The molecule has 160 valence electrons. The predicted molar refractivity (Wildman–Crippen MR) is 119 cm³/mol. The van der Waals surface area contributed by atoms with Gasteiger partial charge in [0.1, 0.15) is 0 Å². The van der Waals surface area contributed by atoms with Crippen molar-refractivity contribution in [2.24, 2.45) is 0 Å². The van der Waals surface area contributed by atoms with Crippen molar-refractivity contribution in [3.8, 4) is 11.8 Å². The number of allylic oxidation sites excluding steroid dienone is 1. The summed E-state index contributed by atoms with van der Waals surface area (Å²) in [6, 6.07) is 17.2. The Morgan fingerprint density at radius 1 is 0.903 bits per heavy atom. The van der Waals surface area contributed by atoms with E-state index in [0.717, 1.165) is 34.8 Å². The summed E-state index contributed by atoms with van der Waals surface area (Å²) in [4.78, 5) is 0. The highest BCUT2D eigenvalue weighted by molar-refractivity contribution is 5.90. The molecule has 31 heavy (non-hydrogen) atoms. The minimum atomic E-state index is -4.40. The number of aromatic nitrogens is 1. The number of halogens is 3. The molecule has 5 heteroatoms. The molecule has 0 aliphatic rings. The van der Waals surface area contributed by atoms with E-state index in [2.05, 4.69) is 55.7 Å². The molecule has 3 rings (SSSR count). The van der Waals surface area contributed by atoms with Crippen LogP contribution in [-0.2, 0) is 11.6 Å². The Kier molecular flexibility index (Phi) is 5.87. The fourth-order valence-corrected chi connectivity index (χ4v) is 3.62. The summed E-state index contributed by atoms with van der Waals surface area (Å²) in [6.07, 6.45) is -2.67. The van der Waals surface area contributed by atoms with Crippen molar-refractivity contribution < 1.29 is 13.2 Å². The van der Waals surface area contributed by atoms with Crippen molar-refractivity contribution in [2.45, 2.75) is 46.2 Å². The smallest absolute Gasteiger partial charge is 0.318 e. The van der Waals surface area contributed by atoms with E-state index in [1.54, 1.807) is 6.08 Å². The second-order valence-corrected chi connectivity index (χ2v) is 8.70. The average molecular weight is 422 g/mol. The van der Waals surface area contributed by atoms with Crippen molar-refractivity contribution >= 4 is 11.6 Å². The Labute approximate surface area is 181 Å². The molecule has 0 spiro atoms. The lowest BCUT2D eigenvalue weighted by molar-refractivity contribution is -0.137. The van der Waals surface area contributed by atoms with Gasteiger partial charge in [-0.25, -0.2) is 0 Å². The van der Waals surface area contributed by atoms with Gasteiger partial charge in [-0.2, -0.15) is 18.4 Å². The molecule has 2 nitrogen and oxygen atoms in total. The average Bonchev–Trinajstić information content (AvgIpc) is 2.98. The second kappa shape index (κ2) is 8.11. The van der Waals surface area contributed by atoms with Gasteiger partial charge in [0.15, 0.2) is 0 Å². The Morgan fingerprint density at radius 2 is 1.45 bits per heavy atom. The van der Waals surface area contributed by atoms with Gasteiger partial charge in [0, 0.05) is 17.1 Å². The Hall–Kier alpha value is -3.26. The van der Waals surface area contributed by atoms with Crippen LogP contribution in [0.15, 0.2) is 54.6 Å². The topological polar surface area (TPSA) is 28.7 Å². The van der Waals surface area contributed by atoms with Gasteiger partial charge < -0.3 is 4.57 Å². The van der Waals surface area contributed by atoms with Crippen LogP contribution in [-0.4, -0.2) is 4.57 Å². The van der Waals surface area contributed by atoms with E-state index in [0.29, 0.717) is 11.1 Å². The number of hydrogen-bond acceptors (Lipinski definition) is 1. The molecule has 0 saturated heterocycles. The SMILES string of the molecule is Cc1cc(/C=C(/C#N)c2ccc(C(F)(F)F)cc2)c(C)n1-c1ccc(C(C)(C)C)cc1. The fourth-order valence-electron chi connectivity index (χ4n) is 3.62. The molecule has 0 atom stereocenters. The summed E-state index contributed by atoms with van der Waals surface area (Å²) in [6.45, 7) is 10.5. The normalized spacial score (nSPS) is 12.7. The predicted octanol–water partition coefficient (Wildman–Crippen LogP) is 7.47. The maximum absolute atomic E-state index is 12.8. The van der Waals surface area contributed by atoms with E-state index in [-0.39, 0.29) is 5.41 Å². The Morgan fingerprint density at radius 3 is 1.94 bits per heavy atom. The van der Waals surface area contributed by atoms with Crippen molar-refractivity contribution in [1.82, 2.24) is 4.57 Å². The van der Waals surface area contributed by atoms with Gasteiger partial charge >= 0.3 is 6.18 Å². The molecular formula is C26H25F3N2. The lowest BCUT2D eigenvalue weighted by Crippen LogP contribution is -2.11. The monoisotopic (exact) mass is 422 g/mol. The lowest BCUT2D eigenvalue weighted by atomic mass is 9.87. The van der Waals surface area contributed by atoms with Crippen LogP contribution in [0.4, 0.5) is 13.2 Å². The molecule has 0 fully saturated rings. The van der Waals surface area contributed by atoms with Gasteiger partial charge in [-0.3, -0.25) is 0 Å². The van der Waals surface area contributed by atoms with Crippen molar-refractivity contribution in [1.29, 1.82) is 5.26 Å². The third-order valence-corrected chi connectivity index (χ3v) is 5.41. The van der Waals surface area contributed by atoms with Crippen LogP contribution in [0.5, 0.6) is 0 Å². The lowest BCUT2D eigenvalue weighted by Gasteiger charge is -2.20. The zero-order valence-corrected chi connectivity index (χ0v) is 18.3. The quantitative estimate of drug-likeness (QED) is 0.402. The summed E-state index contributed by atoms with van der Waals surface area (Å²) in [5, 5.41) is 9.61. The number of nitriles is 1. The van der Waals surface area contributed by atoms with Crippen LogP contribution in [0.2, 0.25) is 0 Å². The van der Waals surface area contributed by atoms with E-state index in [1.807, 2.05) is 19.9 Å². The summed E-state index contributed by atoms with van der Waals surface area (Å²) < 4.78 is 40.6. The highest BCUT2D eigenvalue weighted by atomic mass is 19.4. The molecule has 0 bridgehead atoms. The number of alkyl halides is 3. The maximum Gasteiger partial charge on any atom is 0.416 e.